The summed E-state index contributed by atoms with van der Waals surface area (Å²) < 4.78 is 11.1. The van der Waals surface area contributed by atoms with Crippen LogP contribution in [-0.4, -0.2) is 37.0 Å². The lowest BCUT2D eigenvalue weighted by atomic mass is 10.0. The second-order valence-corrected chi connectivity index (χ2v) is 13.7. The Morgan fingerprint density at radius 2 is 0.750 bits per heavy atom. The molecule has 4 nitrogen and oxygen atoms in total. The summed E-state index contributed by atoms with van der Waals surface area (Å²) in [5.74, 6) is -0.194. The summed E-state index contributed by atoms with van der Waals surface area (Å²) in [6.45, 7) is 5.40. The number of ether oxygens (including phenoxy) is 2. The zero-order valence-corrected chi connectivity index (χ0v) is 30.2. The molecule has 4 heteroatoms. The van der Waals surface area contributed by atoms with Crippen LogP contribution < -0.4 is 0 Å². The van der Waals surface area contributed by atoms with Gasteiger partial charge in [-0.1, -0.05) is 206 Å². The van der Waals surface area contributed by atoms with Crippen LogP contribution in [-0.2, 0) is 14.3 Å². The molecule has 44 heavy (non-hydrogen) atoms. The van der Waals surface area contributed by atoms with Gasteiger partial charge in [-0.25, -0.2) is 0 Å². The van der Waals surface area contributed by atoms with Gasteiger partial charge in [0, 0.05) is 13.0 Å². The number of aliphatic hydroxyl groups excluding tert-OH is 1. The van der Waals surface area contributed by atoms with Gasteiger partial charge in [0.2, 0.25) is 0 Å². The van der Waals surface area contributed by atoms with Gasteiger partial charge >= 0.3 is 5.97 Å². The van der Waals surface area contributed by atoms with E-state index in [0.717, 1.165) is 19.3 Å². The predicted molar refractivity (Wildman–Crippen MR) is 191 cm³/mol. The van der Waals surface area contributed by atoms with E-state index in [9.17, 15) is 9.90 Å². The third kappa shape index (κ3) is 35.9. The SMILES string of the molecule is CCCCCCCCCCCCCCCCCCCOCC(CO)OC(=O)CCCCCCCCCCCCCCCCC. The molecular formula is C40H80O4. The van der Waals surface area contributed by atoms with Gasteiger partial charge in [-0.2, -0.15) is 0 Å². The predicted octanol–water partition coefficient (Wildman–Crippen LogP) is 12.8. The number of aliphatic hydroxyl groups is 1. The van der Waals surface area contributed by atoms with Crippen molar-refractivity contribution in [2.45, 2.75) is 232 Å². The Bertz CT molecular complexity index is 537. The van der Waals surface area contributed by atoms with Crippen molar-refractivity contribution >= 4 is 5.97 Å². The van der Waals surface area contributed by atoms with Crippen LogP contribution >= 0.6 is 0 Å². The smallest absolute Gasteiger partial charge is 0.306 e. The molecule has 1 atom stereocenters. The molecule has 0 bridgehead atoms. The first kappa shape index (κ1) is 43.4. The molecule has 0 aromatic rings. The van der Waals surface area contributed by atoms with E-state index >= 15 is 0 Å². The molecule has 1 unspecified atom stereocenters. The number of carbonyl (C=O) groups is 1. The second-order valence-electron chi connectivity index (χ2n) is 13.7. The molecule has 0 radical (unpaired) electrons. The first-order valence-corrected chi connectivity index (χ1v) is 20.1. The Labute approximate surface area is 276 Å². The van der Waals surface area contributed by atoms with Gasteiger partial charge in [-0.05, 0) is 12.8 Å². The Kier molecular flexibility index (Phi) is 38.0. The summed E-state index contributed by atoms with van der Waals surface area (Å²) in [6.07, 6.45) is 42.9. The highest BCUT2D eigenvalue weighted by atomic mass is 16.6. The van der Waals surface area contributed by atoms with Gasteiger partial charge in [-0.3, -0.25) is 4.79 Å². The van der Waals surface area contributed by atoms with Crippen LogP contribution in [0.5, 0.6) is 0 Å². The molecule has 0 saturated heterocycles. The topological polar surface area (TPSA) is 55.8 Å². The van der Waals surface area contributed by atoms with E-state index < -0.39 is 6.10 Å². The fourth-order valence-corrected chi connectivity index (χ4v) is 6.15. The van der Waals surface area contributed by atoms with E-state index in [1.165, 1.54) is 186 Å². The van der Waals surface area contributed by atoms with Crippen molar-refractivity contribution in [2.75, 3.05) is 19.8 Å². The Hall–Kier alpha value is -0.610. The number of unbranched alkanes of at least 4 members (excludes halogenated alkanes) is 30. The summed E-state index contributed by atoms with van der Waals surface area (Å²) in [5, 5.41) is 9.57. The van der Waals surface area contributed by atoms with Crippen LogP contribution in [0.3, 0.4) is 0 Å². The molecule has 0 saturated carbocycles. The highest BCUT2D eigenvalue weighted by Crippen LogP contribution is 2.15. The Morgan fingerprint density at radius 3 is 1.07 bits per heavy atom. The zero-order chi connectivity index (χ0) is 32.0. The molecule has 0 heterocycles. The maximum atomic E-state index is 12.2. The molecule has 1 N–H and O–H groups in total. The number of hydrogen-bond donors (Lipinski definition) is 1. The van der Waals surface area contributed by atoms with Crippen LogP contribution in [0.4, 0.5) is 0 Å². The highest BCUT2D eigenvalue weighted by Gasteiger charge is 2.13. The molecule has 264 valence electrons. The van der Waals surface area contributed by atoms with E-state index in [4.69, 9.17) is 9.47 Å². The molecule has 0 fully saturated rings. The van der Waals surface area contributed by atoms with Crippen LogP contribution in [0.2, 0.25) is 0 Å². The van der Waals surface area contributed by atoms with Crippen molar-refractivity contribution in [3.8, 4) is 0 Å². The van der Waals surface area contributed by atoms with Crippen molar-refractivity contribution in [1.82, 2.24) is 0 Å². The lowest BCUT2D eigenvalue weighted by Crippen LogP contribution is -2.27. The molecule has 0 aliphatic carbocycles. The van der Waals surface area contributed by atoms with Gasteiger partial charge in [-0.15, -0.1) is 0 Å². The second kappa shape index (κ2) is 38.6. The third-order valence-corrected chi connectivity index (χ3v) is 9.18. The maximum absolute atomic E-state index is 12.2. The summed E-state index contributed by atoms with van der Waals surface area (Å²) in [5.41, 5.74) is 0. The Morgan fingerprint density at radius 1 is 0.455 bits per heavy atom. The summed E-state index contributed by atoms with van der Waals surface area (Å²) >= 11 is 0. The van der Waals surface area contributed by atoms with E-state index in [0.29, 0.717) is 19.6 Å². The normalized spacial score (nSPS) is 12.2. The molecule has 0 aliphatic heterocycles. The molecule has 0 aromatic carbocycles. The molecule has 0 rings (SSSR count). The van der Waals surface area contributed by atoms with Crippen molar-refractivity contribution in [3.05, 3.63) is 0 Å². The van der Waals surface area contributed by atoms with Crippen molar-refractivity contribution in [3.63, 3.8) is 0 Å². The minimum atomic E-state index is -0.523. The number of esters is 1. The molecular weight excluding hydrogens is 544 g/mol. The first-order chi connectivity index (χ1) is 21.7. The monoisotopic (exact) mass is 625 g/mol. The van der Waals surface area contributed by atoms with E-state index in [1.54, 1.807) is 0 Å². The van der Waals surface area contributed by atoms with Crippen molar-refractivity contribution in [1.29, 1.82) is 0 Å². The number of carbonyl (C=O) groups excluding carboxylic acids is 1. The number of hydrogen-bond acceptors (Lipinski definition) is 4. The zero-order valence-electron chi connectivity index (χ0n) is 30.2. The summed E-state index contributed by atoms with van der Waals surface area (Å²) in [7, 11) is 0. The van der Waals surface area contributed by atoms with Crippen LogP contribution in [0.1, 0.15) is 226 Å². The van der Waals surface area contributed by atoms with Crippen LogP contribution in [0.25, 0.3) is 0 Å². The highest BCUT2D eigenvalue weighted by molar-refractivity contribution is 5.69. The van der Waals surface area contributed by atoms with Gasteiger partial charge < -0.3 is 14.6 Å². The lowest BCUT2D eigenvalue weighted by Gasteiger charge is -2.16. The van der Waals surface area contributed by atoms with Gasteiger partial charge in [0.15, 0.2) is 0 Å². The van der Waals surface area contributed by atoms with E-state index in [1.807, 2.05) is 0 Å². The Balaban J connectivity index is 3.36. The van der Waals surface area contributed by atoms with Crippen LogP contribution in [0, 0.1) is 0 Å². The summed E-state index contributed by atoms with van der Waals surface area (Å²) in [6, 6.07) is 0. The van der Waals surface area contributed by atoms with Crippen molar-refractivity contribution in [2.24, 2.45) is 0 Å². The average molecular weight is 625 g/mol. The lowest BCUT2D eigenvalue weighted by molar-refractivity contribution is -0.154. The first-order valence-electron chi connectivity index (χ1n) is 20.1. The molecule has 0 aliphatic rings. The molecule has 0 amide bonds. The fraction of sp³-hybridized carbons (Fsp3) is 0.975. The number of rotatable bonds is 38. The maximum Gasteiger partial charge on any atom is 0.306 e. The van der Waals surface area contributed by atoms with E-state index in [2.05, 4.69) is 13.8 Å². The van der Waals surface area contributed by atoms with Gasteiger partial charge in [0.25, 0.3) is 0 Å². The largest absolute Gasteiger partial charge is 0.457 e. The van der Waals surface area contributed by atoms with E-state index in [-0.39, 0.29) is 12.6 Å². The van der Waals surface area contributed by atoms with Gasteiger partial charge in [0.05, 0.1) is 13.2 Å². The molecule has 0 aromatic heterocycles. The fourth-order valence-electron chi connectivity index (χ4n) is 6.15. The third-order valence-electron chi connectivity index (χ3n) is 9.18. The minimum Gasteiger partial charge on any atom is -0.457 e. The van der Waals surface area contributed by atoms with Crippen molar-refractivity contribution < 1.29 is 19.4 Å². The molecule has 0 spiro atoms. The van der Waals surface area contributed by atoms with Gasteiger partial charge in [0.1, 0.15) is 6.10 Å². The summed E-state index contributed by atoms with van der Waals surface area (Å²) in [4.78, 5) is 12.2. The quantitative estimate of drug-likeness (QED) is 0.0548. The minimum absolute atomic E-state index is 0.163. The van der Waals surface area contributed by atoms with Crippen LogP contribution in [0.15, 0.2) is 0 Å². The standard InChI is InChI=1S/C40H80O4/c1-3-5-7-9-11-13-15-17-19-20-22-24-26-28-30-32-34-36-43-38-39(37-41)44-40(42)35-33-31-29-27-25-23-21-18-16-14-12-10-8-6-4-2/h39,41H,3-38H2,1-2H3. The average Bonchev–Trinajstić information content (AvgIpc) is 3.03.